The van der Waals surface area contributed by atoms with E-state index in [1.165, 1.54) is 87.9 Å². The summed E-state index contributed by atoms with van der Waals surface area (Å²) in [7, 11) is 0. The number of benzene rings is 4. The van der Waals surface area contributed by atoms with Gasteiger partial charge in [-0.1, -0.05) is 117 Å². The Bertz CT molecular complexity index is 1870. The summed E-state index contributed by atoms with van der Waals surface area (Å²) in [5.74, 6) is 0. The van der Waals surface area contributed by atoms with E-state index in [9.17, 15) is 0 Å². The van der Waals surface area contributed by atoms with Crippen LogP contribution < -0.4 is 24.8 Å². The largest absolute Gasteiger partial charge is 1.00 e. The van der Waals surface area contributed by atoms with E-state index in [4.69, 9.17) is 11.6 Å². The van der Waals surface area contributed by atoms with Crippen molar-refractivity contribution in [2.45, 2.75) is 118 Å². The number of allylic oxidation sites excluding steroid dienone is 4. The molecule has 0 radical (unpaired) electrons. The molecule has 0 N–H and O–H groups in total. The Morgan fingerprint density at radius 2 is 0.962 bits per heavy atom. The fraction of sp³-hybridized carbons (Fsp3) is 0.375. The zero-order chi connectivity index (χ0) is 37.2. The molecular formula is C48H57Cl3Zr-2. The molecule has 6 rings (SSSR count). The topological polar surface area (TPSA) is 0 Å². The maximum Gasteiger partial charge on any atom is -0.109 e. The van der Waals surface area contributed by atoms with E-state index < -0.39 is 0 Å². The summed E-state index contributed by atoms with van der Waals surface area (Å²) in [5.41, 5.74) is 10.3. The predicted octanol–water partition coefficient (Wildman–Crippen LogP) is 7.98. The number of halogens is 3. The fourth-order valence-corrected chi connectivity index (χ4v) is 7.38. The van der Waals surface area contributed by atoms with Gasteiger partial charge in [0.1, 0.15) is 0 Å². The molecule has 0 unspecified atom stereocenters. The smallest absolute Gasteiger partial charge is 0.109 e. The van der Waals surface area contributed by atoms with E-state index >= 15 is 0 Å². The molecule has 276 valence electrons. The summed E-state index contributed by atoms with van der Waals surface area (Å²) in [6.45, 7) is 30.2. The molecule has 5 aromatic rings. The van der Waals surface area contributed by atoms with E-state index in [1.54, 1.807) is 0 Å². The first-order chi connectivity index (χ1) is 23.1. The van der Waals surface area contributed by atoms with Crippen LogP contribution in [0.3, 0.4) is 0 Å². The van der Waals surface area contributed by atoms with Gasteiger partial charge in [0, 0.05) is 0 Å². The Kier molecular flexibility index (Phi) is 15.9. The van der Waals surface area contributed by atoms with E-state index in [2.05, 4.69) is 169 Å². The van der Waals surface area contributed by atoms with Crippen molar-refractivity contribution < 1.29 is 49.0 Å². The van der Waals surface area contributed by atoms with Crippen molar-refractivity contribution in [3.63, 3.8) is 0 Å². The van der Waals surface area contributed by atoms with Crippen molar-refractivity contribution in [1.29, 1.82) is 0 Å². The van der Waals surface area contributed by atoms with E-state index in [0.717, 1.165) is 11.4 Å². The van der Waals surface area contributed by atoms with Gasteiger partial charge >= 0.3 is 116 Å². The molecule has 1 aliphatic carbocycles. The van der Waals surface area contributed by atoms with Crippen LogP contribution in [0.4, 0.5) is 0 Å². The molecule has 0 aromatic heterocycles. The van der Waals surface area contributed by atoms with Crippen LogP contribution in [0.25, 0.3) is 21.5 Å². The second-order valence-electron chi connectivity index (χ2n) is 17.9. The van der Waals surface area contributed by atoms with Gasteiger partial charge in [-0.05, 0) is 21.7 Å². The van der Waals surface area contributed by atoms with Gasteiger partial charge in [0.2, 0.25) is 0 Å². The Balaban J connectivity index is 0.000000340. The molecule has 0 spiro atoms. The summed E-state index contributed by atoms with van der Waals surface area (Å²) >= 11 is 7.30. The molecule has 1 aliphatic rings. The Morgan fingerprint density at radius 3 is 1.27 bits per heavy atom. The van der Waals surface area contributed by atoms with Crippen LogP contribution in [-0.2, 0) is 45.9 Å². The third kappa shape index (κ3) is 11.7. The summed E-state index contributed by atoms with van der Waals surface area (Å²) in [6, 6.07) is 29.0. The number of hydrogen-bond donors (Lipinski definition) is 0. The molecule has 0 atom stereocenters. The van der Waals surface area contributed by atoms with Crippen molar-refractivity contribution in [2.75, 3.05) is 0 Å². The normalized spacial score (nSPS) is 12.8. The average molecular weight is 832 g/mol. The first-order valence-electron chi connectivity index (χ1n) is 17.9. The first-order valence-corrected chi connectivity index (χ1v) is 19.5. The minimum Gasteiger partial charge on any atom is -1.00 e. The zero-order valence-corrected chi connectivity index (χ0v) is 38.3. The second-order valence-corrected chi connectivity index (χ2v) is 19.5. The molecule has 5 aromatic carbocycles. The van der Waals surface area contributed by atoms with Gasteiger partial charge in [0.15, 0.2) is 0 Å². The third-order valence-electron chi connectivity index (χ3n) is 9.27. The molecule has 0 amide bonds. The van der Waals surface area contributed by atoms with E-state index in [0.29, 0.717) is 0 Å². The summed E-state index contributed by atoms with van der Waals surface area (Å²) in [5, 5.41) is 6.36. The van der Waals surface area contributed by atoms with Gasteiger partial charge in [0.25, 0.3) is 0 Å². The van der Waals surface area contributed by atoms with E-state index in [1.807, 2.05) is 24.3 Å². The van der Waals surface area contributed by atoms with Gasteiger partial charge in [-0.25, -0.2) is 12.2 Å². The Labute approximate surface area is 348 Å². The predicted molar refractivity (Wildman–Crippen MR) is 219 cm³/mol. The molecule has 52 heavy (non-hydrogen) atoms. The Hall–Kier alpha value is -2.15. The maximum absolute atomic E-state index is 5.88. The molecule has 0 saturated heterocycles. The number of aryl methyl sites for hydroxylation is 1. The van der Waals surface area contributed by atoms with Gasteiger partial charge in [0.05, 0.1) is 0 Å². The van der Waals surface area contributed by atoms with E-state index in [-0.39, 0.29) is 46.5 Å². The van der Waals surface area contributed by atoms with Crippen LogP contribution in [0.5, 0.6) is 0 Å². The molecule has 0 bridgehead atoms. The monoisotopic (exact) mass is 828 g/mol. The summed E-state index contributed by atoms with van der Waals surface area (Å²) < 4.78 is 1.36. The fourth-order valence-electron chi connectivity index (χ4n) is 6.43. The quantitative estimate of drug-likeness (QED) is 0.159. The van der Waals surface area contributed by atoms with Crippen molar-refractivity contribution in [3.8, 4) is 0 Å². The van der Waals surface area contributed by atoms with Crippen molar-refractivity contribution in [2.24, 2.45) is 0 Å². The van der Waals surface area contributed by atoms with Crippen LogP contribution in [0.1, 0.15) is 128 Å². The molecule has 0 heterocycles. The van der Waals surface area contributed by atoms with Crippen molar-refractivity contribution >= 4 is 36.4 Å². The van der Waals surface area contributed by atoms with Crippen molar-refractivity contribution in [1.82, 2.24) is 0 Å². The van der Waals surface area contributed by atoms with Gasteiger partial charge in [-0.15, -0.1) is 46.2 Å². The third-order valence-corrected chi connectivity index (χ3v) is 10.9. The van der Waals surface area contributed by atoms with Gasteiger partial charge < -0.3 is 24.8 Å². The van der Waals surface area contributed by atoms with Crippen LogP contribution in [0.15, 0.2) is 97.1 Å². The van der Waals surface area contributed by atoms with Crippen LogP contribution in [0.2, 0.25) is 5.02 Å². The molecule has 4 heteroatoms. The SMILES string of the molecule is CC(C)(C)c1cc2[cH-]c3cc(C(C)(C)C)c(C(C)(C)C)cc3c2cc1C(C)(C)C.Cc1ccc([C](=[Zr+2])c2ccc(Cl)cc2)cc1.[C-]1=CC=CC1.[Cl-].[Cl-]. The molecule has 0 aliphatic heterocycles. The van der Waals surface area contributed by atoms with Gasteiger partial charge in [-0.3, -0.25) is 6.08 Å². The molecular weight excluding hydrogens is 774 g/mol. The minimum atomic E-state index is 0. The summed E-state index contributed by atoms with van der Waals surface area (Å²) in [6.07, 6.45) is 10.0. The average Bonchev–Trinajstić information content (AvgIpc) is 3.71. The summed E-state index contributed by atoms with van der Waals surface area (Å²) in [4.78, 5) is 0. The standard InChI is InChI=1S/C29H41.C14H11Cl.C5H5.2ClH.Zr/c1-26(2,3)22-14-18-13-19-15-23(27(4,5)6)25(29(10,11)12)17-21(19)20(18)16-24(22)28(7,8)9;1-11-2-4-12(5-3-11)10-13-6-8-14(15)9-7-13;1-2-4-5-3-1;;;/h13-17H,1-12H3;2-9H,1H3;1-3H,4H2;2*1H;/q-1;;-1;;;+2/p-2. The Morgan fingerprint density at radius 1 is 0.596 bits per heavy atom. The number of hydrogen-bond acceptors (Lipinski definition) is 0. The van der Waals surface area contributed by atoms with Crippen LogP contribution >= 0.6 is 11.6 Å². The van der Waals surface area contributed by atoms with Crippen LogP contribution in [0, 0.1) is 13.0 Å². The van der Waals surface area contributed by atoms with Crippen LogP contribution in [-0.4, -0.2) is 3.21 Å². The maximum atomic E-state index is 5.88. The number of rotatable bonds is 2. The minimum absolute atomic E-state index is 0. The molecule has 0 fully saturated rings. The second kappa shape index (κ2) is 18.0. The van der Waals surface area contributed by atoms with Crippen molar-refractivity contribution in [3.05, 3.63) is 147 Å². The molecule has 0 nitrogen and oxygen atoms in total. The molecule has 0 saturated carbocycles. The van der Waals surface area contributed by atoms with Gasteiger partial charge in [-0.2, -0.15) is 6.08 Å². The zero-order valence-electron chi connectivity index (χ0n) is 33.6. The first kappa shape index (κ1) is 46.0. The number of fused-ring (bicyclic) bond motifs is 3.